The summed E-state index contributed by atoms with van der Waals surface area (Å²) in [4.78, 5) is 5.00. The summed E-state index contributed by atoms with van der Waals surface area (Å²) < 4.78 is 5.02. The molecule has 0 bridgehead atoms. The number of nitrogens with zero attached hydrogens (tertiary/aromatic N) is 2. The van der Waals surface area contributed by atoms with E-state index in [0.717, 1.165) is 16.9 Å². The van der Waals surface area contributed by atoms with Crippen LogP contribution in [-0.4, -0.2) is 9.55 Å². The molecule has 0 aliphatic rings. The van der Waals surface area contributed by atoms with Gasteiger partial charge in [-0.2, -0.15) is 0 Å². The van der Waals surface area contributed by atoms with Gasteiger partial charge in [-0.3, -0.25) is 0 Å². The molecule has 0 unspecified atom stereocenters. The Bertz CT molecular complexity index is 1570. The first-order valence-electron chi connectivity index (χ1n) is 10.7. The Morgan fingerprint density at radius 3 is 2.39 bits per heavy atom. The van der Waals surface area contributed by atoms with Crippen molar-refractivity contribution >= 4 is 42.5 Å². The lowest BCUT2D eigenvalue weighted by Crippen LogP contribution is -2.03. The first kappa shape index (κ1) is 18.3. The van der Waals surface area contributed by atoms with E-state index in [-0.39, 0.29) is 0 Å². The molecular weight excluding hydrogens is 396 g/mol. The highest BCUT2D eigenvalue weighted by Gasteiger charge is 2.16. The second-order valence-corrected chi connectivity index (χ2v) is 9.30. The molecule has 2 aromatic heterocycles. The van der Waals surface area contributed by atoms with Crippen LogP contribution in [0.25, 0.3) is 53.7 Å². The zero-order valence-corrected chi connectivity index (χ0v) is 18.4. The van der Waals surface area contributed by atoms with Gasteiger partial charge in [-0.25, -0.2) is 4.98 Å². The maximum absolute atomic E-state index is 5.00. The molecule has 2 heterocycles. The second kappa shape index (κ2) is 7.07. The van der Waals surface area contributed by atoms with Gasteiger partial charge in [-0.1, -0.05) is 66.7 Å². The van der Waals surface area contributed by atoms with Crippen LogP contribution in [0.2, 0.25) is 0 Å². The summed E-state index contributed by atoms with van der Waals surface area (Å²) in [6.07, 6.45) is 0. The van der Waals surface area contributed by atoms with Crippen molar-refractivity contribution in [1.82, 2.24) is 9.55 Å². The zero-order chi connectivity index (χ0) is 20.9. The van der Waals surface area contributed by atoms with Gasteiger partial charge in [0.25, 0.3) is 0 Å². The van der Waals surface area contributed by atoms with E-state index in [2.05, 4.69) is 109 Å². The van der Waals surface area contributed by atoms with E-state index in [9.17, 15) is 0 Å². The van der Waals surface area contributed by atoms with E-state index in [1.807, 2.05) is 11.3 Å². The predicted octanol–water partition coefficient (Wildman–Crippen LogP) is 8.32. The quantitative estimate of drug-likeness (QED) is 0.282. The van der Waals surface area contributed by atoms with Crippen LogP contribution in [0.3, 0.4) is 0 Å². The molecule has 150 valence electrons. The number of benzene rings is 4. The summed E-state index contributed by atoms with van der Waals surface area (Å²) in [7, 11) is 0. The van der Waals surface area contributed by atoms with Gasteiger partial charge < -0.3 is 4.57 Å². The molecule has 4 aromatic carbocycles. The van der Waals surface area contributed by atoms with Crippen molar-refractivity contribution in [1.29, 1.82) is 0 Å². The van der Waals surface area contributed by atoms with Gasteiger partial charge in [0.05, 0.1) is 11.0 Å². The summed E-state index contributed by atoms with van der Waals surface area (Å²) in [5.41, 5.74) is 5.90. The fraction of sp³-hybridized carbons (Fsp3) is 0.107. The van der Waals surface area contributed by atoms with Crippen molar-refractivity contribution in [2.45, 2.75) is 19.9 Å². The number of thiophene rings is 1. The molecule has 0 N–H and O–H groups in total. The van der Waals surface area contributed by atoms with E-state index in [1.54, 1.807) is 0 Å². The molecule has 6 aromatic rings. The highest BCUT2D eigenvalue weighted by Crippen LogP contribution is 2.40. The standard InChI is InChI=1S/C28H22N2S/c1-18(2)30-25-15-5-4-14-24(25)29-28(30)20-10-7-9-19(17-20)21-12-8-13-23-22-11-3-6-16-26(22)31-27(21)23/h3-18H,1-2H3. The van der Waals surface area contributed by atoms with E-state index in [1.165, 1.54) is 36.8 Å². The average Bonchev–Trinajstić information content (AvgIpc) is 3.38. The van der Waals surface area contributed by atoms with Gasteiger partial charge in [0.15, 0.2) is 0 Å². The molecule has 0 fully saturated rings. The maximum atomic E-state index is 5.00. The Kier molecular flexibility index (Phi) is 4.18. The van der Waals surface area contributed by atoms with Crippen molar-refractivity contribution in [3.05, 3.63) is 91.0 Å². The molecule has 3 heteroatoms. The third kappa shape index (κ3) is 2.88. The number of para-hydroxylation sites is 2. The highest BCUT2D eigenvalue weighted by atomic mass is 32.1. The Morgan fingerprint density at radius 2 is 1.48 bits per heavy atom. The number of hydrogen-bond donors (Lipinski definition) is 0. The topological polar surface area (TPSA) is 17.8 Å². The first-order chi connectivity index (χ1) is 15.2. The average molecular weight is 419 g/mol. The van der Waals surface area contributed by atoms with Crippen LogP contribution < -0.4 is 0 Å². The molecule has 2 nitrogen and oxygen atoms in total. The lowest BCUT2D eigenvalue weighted by molar-refractivity contribution is 0.624. The van der Waals surface area contributed by atoms with Gasteiger partial charge in [-0.15, -0.1) is 11.3 Å². The molecule has 31 heavy (non-hydrogen) atoms. The SMILES string of the molecule is CC(C)n1c(-c2cccc(-c3cccc4c3sc3ccccc34)c2)nc2ccccc21. The number of rotatable bonds is 3. The summed E-state index contributed by atoms with van der Waals surface area (Å²) in [5.74, 6) is 1.03. The molecule has 0 radical (unpaired) electrons. The molecule has 0 atom stereocenters. The van der Waals surface area contributed by atoms with Crippen molar-refractivity contribution in [3.8, 4) is 22.5 Å². The number of fused-ring (bicyclic) bond motifs is 4. The fourth-order valence-corrected chi connectivity index (χ4v) is 5.81. The molecular formula is C28H22N2S. The molecule has 0 saturated heterocycles. The third-order valence-electron chi connectivity index (χ3n) is 5.95. The van der Waals surface area contributed by atoms with Crippen LogP contribution in [0.4, 0.5) is 0 Å². The van der Waals surface area contributed by atoms with Crippen molar-refractivity contribution in [3.63, 3.8) is 0 Å². The lowest BCUT2D eigenvalue weighted by Gasteiger charge is -2.14. The van der Waals surface area contributed by atoms with Crippen LogP contribution in [0.1, 0.15) is 19.9 Å². The Hall–Kier alpha value is -3.43. The van der Waals surface area contributed by atoms with Gasteiger partial charge in [0.1, 0.15) is 5.82 Å². The smallest absolute Gasteiger partial charge is 0.141 e. The fourth-order valence-electron chi connectivity index (χ4n) is 4.57. The van der Waals surface area contributed by atoms with Crippen LogP contribution in [-0.2, 0) is 0 Å². The van der Waals surface area contributed by atoms with Crippen LogP contribution in [0.15, 0.2) is 91.0 Å². The highest BCUT2D eigenvalue weighted by molar-refractivity contribution is 7.26. The number of imidazole rings is 1. The Balaban J connectivity index is 1.57. The van der Waals surface area contributed by atoms with E-state index >= 15 is 0 Å². The maximum Gasteiger partial charge on any atom is 0.141 e. The van der Waals surface area contributed by atoms with Crippen molar-refractivity contribution in [2.75, 3.05) is 0 Å². The van der Waals surface area contributed by atoms with E-state index in [0.29, 0.717) is 6.04 Å². The molecule has 0 spiro atoms. The van der Waals surface area contributed by atoms with E-state index in [4.69, 9.17) is 4.98 Å². The van der Waals surface area contributed by atoms with Crippen LogP contribution >= 0.6 is 11.3 Å². The van der Waals surface area contributed by atoms with E-state index < -0.39 is 0 Å². The molecule has 0 saturated carbocycles. The van der Waals surface area contributed by atoms with Crippen LogP contribution in [0, 0.1) is 0 Å². The summed E-state index contributed by atoms with van der Waals surface area (Å²) in [6.45, 7) is 4.44. The molecule has 0 aliphatic heterocycles. The van der Waals surface area contributed by atoms with Crippen molar-refractivity contribution < 1.29 is 0 Å². The normalized spacial score (nSPS) is 11.8. The van der Waals surface area contributed by atoms with Crippen LogP contribution in [0.5, 0.6) is 0 Å². The minimum atomic E-state index is 0.331. The molecule has 0 aliphatic carbocycles. The van der Waals surface area contributed by atoms with Gasteiger partial charge in [0.2, 0.25) is 0 Å². The second-order valence-electron chi connectivity index (χ2n) is 8.25. The summed E-state index contributed by atoms with van der Waals surface area (Å²) in [6, 6.07) is 32.9. The zero-order valence-electron chi connectivity index (χ0n) is 17.5. The Labute approximate surface area is 185 Å². The van der Waals surface area contributed by atoms with Gasteiger partial charge in [0, 0.05) is 31.8 Å². The van der Waals surface area contributed by atoms with Crippen molar-refractivity contribution in [2.24, 2.45) is 0 Å². The van der Waals surface area contributed by atoms with Gasteiger partial charge in [-0.05, 0) is 49.2 Å². The van der Waals surface area contributed by atoms with Gasteiger partial charge >= 0.3 is 0 Å². The Morgan fingerprint density at radius 1 is 0.742 bits per heavy atom. The number of hydrogen-bond acceptors (Lipinski definition) is 2. The monoisotopic (exact) mass is 418 g/mol. The third-order valence-corrected chi connectivity index (χ3v) is 7.17. The minimum absolute atomic E-state index is 0.331. The lowest BCUT2D eigenvalue weighted by atomic mass is 10.0. The first-order valence-corrected chi connectivity index (χ1v) is 11.5. The molecule has 6 rings (SSSR count). The predicted molar refractivity (Wildman–Crippen MR) is 134 cm³/mol. The summed E-state index contributed by atoms with van der Waals surface area (Å²) >= 11 is 1.88. The minimum Gasteiger partial charge on any atom is -0.321 e. The molecule has 0 amide bonds. The summed E-state index contributed by atoms with van der Waals surface area (Å²) in [5, 5.41) is 2.67. The largest absolute Gasteiger partial charge is 0.321 e. The number of aromatic nitrogens is 2.